The summed E-state index contributed by atoms with van der Waals surface area (Å²) in [6.07, 6.45) is 2.03. The Balaban J connectivity index is 1.84. The Morgan fingerprint density at radius 2 is 1.74 bits per heavy atom. The molecule has 1 aliphatic heterocycles. The minimum Gasteiger partial charge on any atom is -0.494 e. The molecule has 0 radical (unpaired) electrons. The predicted molar refractivity (Wildman–Crippen MR) is 111 cm³/mol. The maximum Gasteiger partial charge on any atom is 0.119 e. The number of rotatable bonds is 8. The van der Waals surface area contributed by atoms with Gasteiger partial charge in [-0.25, -0.2) is 0 Å². The Kier molecular flexibility index (Phi) is 6.75. The molecule has 1 atom stereocenters. The number of nitrogens with one attached hydrogen (secondary N) is 1. The summed E-state index contributed by atoms with van der Waals surface area (Å²) in [6.45, 7) is 7.55. The normalized spacial score (nSPS) is 16.3. The molecule has 0 fully saturated rings. The van der Waals surface area contributed by atoms with E-state index in [0.29, 0.717) is 13.2 Å². The zero-order valence-electron chi connectivity index (χ0n) is 17.0. The first-order valence-corrected chi connectivity index (χ1v) is 10.0. The van der Waals surface area contributed by atoms with Crippen molar-refractivity contribution in [1.29, 1.82) is 0 Å². The molecule has 0 aliphatic carbocycles. The van der Waals surface area contributed by atoms with Gasteiger partial charge < -0.3 is 19.7 Å². The van der Waals surface area contributed by atoms with E-state index in [0.717, 1.165) is 37.4 Å². The summed E-state index contributed by atoms with van der Waals surface area (Å²) in [5, 5.41) is 3.71. The molecule has 1 heterocycles. The number of hydrogen-bond donors (Lipinski definition) is 1. The maximum atomic E-state index is 5.93. The molecule has 1 N–H and O–H groups in total. The topological polar surface area (TPSA) is 33.7 Å². The van der Waals surface area contributed by atoms with Gasteiger partial charge in [0.25, 0.3) is 0 Å². The fourth-order valence-corrected chi connectivity index (χ4v) is 3.68. The quantitative estimate of drug-likeness (QED) is 0.768. The third-order valence-electron chi connectivity index (χ3n) is 5.09. The van der Waals surface area contributed by atoms with Crippen LogP contribution < -0.4 is 14.8 Å². The largest absolute Gasteiger partial charge is 0.494 e. The minimum atomic E-state index is 0.232. The van der Waals surface area contributed by atoms with Gasteiger partial charge in [-0.2, -0.15) is 0 Å². The highest BCUT2D eigenvalue weighted by atomic mass is 16.5. The average molecular weight is 369 g/mol. The number of benzene rings is 2. The summed E-state index contributed by atoms with van der Waals surface area (Å²) in [5.74, 6) is 1.93. The number of aryl methyl sites for hydroxylation is 1. The number of fused-ring (bicyclic) bond motifs is 1. The fraction of sp³-hybridized carbons (Fsp3) is 0.478. The van der Waals surface area contributed by atoms with Crippen molar-refractivity contribution in [1.82, 2.24) is 10.2 Å². The van der Waals surface area contributed by atoms with Gasteiger partial charge in [0.15, 0.2) is 0 Å². The summed E-state index contributed by atoms with van der Waals surface area (Å²) in [7, 11) is 4.13. The van der Waals surface area contributed by atoms with E-state index in [2.05, 4.69) is 67.6 Å². The first-order chi connectivity index (χ1) is 13.1. The summed E-state index contributed by atoms with van der Waals surface area (Å²) in [4.78, 5) is 2.14. The third-order valence-corrected chi connectivity index (χ3v) is 5.09. The third kappa shape index (κ3) is 4.82. The molecule has 2 aromatic rings. The first-order valence-electron chi connectivity index (χ1n) is 10.0. The van der Waals surface area contributed by atoms with Crippen molar-refractivity contribution in [2.75, 3.05) is 40.4 Å². The molecule has 0 bridgehead atoms. The smallest absolute Gasteiger partial charge is 0.119 e. The monoisotopic (exact) mass is 368 g/mol. The van der Waals surface area contributed by atoms with Crippen LogP contribution in [0.5, 0.6) is 11.5 Å². The first kappa shape index (κ1) is 19.7. The average Bonchev–Trinajstić information content (AvgIpc) is 2.67. The lowest BCUT2D eigenvalue weighted by Crippen LogP contribution is -2.31. The van der Waals surface area contributed by atoms with Crippen LogP contribution in [-0.2, 0) is 12.8 Å². The SMILES string of the molecule is CCOc1ccc(C2NCCc3cc(OCCN(C)C)ccc32)c(CC)c1. The van der Waals surface area contributed by atoms with Gasteiger partial charge in [-0.15, -0.1) is 0 Å². The Hall–Kier alpha value is -2.04. The maximum absolute atomic E-state index is 5.93. The Morgan fingerprint density at radius 3 is 2.44 bits per heavy atom. The molecule has 0 saturated heterocycles. The van der Waals surface area contributed by atoms with Crippen LogP contribution in [0.3, 0.4) is 0 Å². The molecule has 0 amide bonds. The van der Waals surface area contributed by atoms with Crippen LogP contribution in [0.1, 0.15) is 42.1 Å². The second-order valence-electron chi connectivity index (χ2n) is 7.30. The van der Waals surface area contributed by atoms with Gasteiger partial charge in [-0.05, 0) is 80.4 Å². The van der Waals surface area contributed by atoms with Crippen LogP contribution in [0.15, 0.2) is 36.4 Å². The van der Waals surface area contributed by atoms with Gasteiger partial charge in [-0.3, -0.25) is 0 Å². The molecule has 1 unspecified atom stereocenters. The van der Waals surface area contributed by atoms with Crippen molar-refractivity contribution >= 4 is 0 Å². The molecule has 3 rings (SSSR count). The Morgan fingerprint density at radius 1 is 1.00 bits per heavy atom. The number of ether oxygens (including phenoxy) is 2. The van der Waals surface area contributed by atoms with E-state index in [1.165, 1.54) is 22.3 Å². The van der Waals surface area contributed by atoms with Crippen molar-refractivity contribution < 1.29 is 9.47 Å². The van der Waals surface area contributed by atoms with Crippen molar-refractivity contribution in [2.45, 2.75) is 32.7 Å². The highest BCUT2D eigenvalue weighted by Crippen LogP contribution is 2.34. The van der Waals surface area contributed by atoms with E-state index in [1.807, 2.05) is 6.92 Å². The number of nitrogens with zero attached hydrogens (tertiary/aromatic N) is 1. The molecule has 2 aromatic carbocycles. The lowest BCUT2D eigenvalue weighted by Gasteiger charge is -2.29. The van der Waals surface area contributed by atoms with Gasteiger partial charge in [-0.1, -0.05) is 19.1 Å². The fourth-order valence-electron chi connectivity index (χ4n) is 3.68. The molecular formula is C23H32N2O2. The Bertz CT molecular complexity index is 758. The van der Waals surface area contributed by atoms with E-state index in [1.54, 1.807) is 0 Å². The van der Waals surface area contributed by atoms with Crippen molar-refractivity contribution in [3.8, 4) is 11.5 Å². The van der Waals surface area contributed by atoms with Gasteiger partial charge in [0, 0.05) is 13.1 Å². The van der Waals surface area contributed by atoms with Gasteiger partial charge in [0.1, 0.15) is 18.1 Å². The molecule has 146 valence electrons. The molecule has 27 heavy (non-hydrogen) atoms. The summed E-state index contributed by atoms with van der Waals surface area (Å²) in [6, 6.07) is 13.3. The zero-order valence-corrected chi connectivity index (χ0v) is 17.0. The molecule has 0 saturated carbocycles. The second kappa shape index (κ2) is 9.25. The van der Waals surface area contributed by atoms with E-state index >= 15 is 0 Å². The lowest BCUT2D eigenvalue weighted by atomic mass is 9.87. The number of likely N-dealkylation sites (N-methyl/N-ethyl adjacent to an activating group) is 1. The van der Waals surface area contributed by atoms with Crippen LogP contribution in [0.4, 0.5) is 0 Å². The molecule has 0 spiro atoms. The molecule has 4 nitrogen and oxygen atoms in total. The minimum absolute atomic E-state index is 0.232. The van der Waals surface area contributed by atoms with Gasteiger partial charge >= 0.3 is 0 Å². The van der Waals surface area contributed by atoms with Crippen LogP contribution in [0.2, 0.25) is 0 Å². The van der Waals surface area contributed by atoms with Crippen molar-refractivity contribution in [2.24, 2.45) is 0 Å². The second-order valence-corrected chi connectivity index (χ2v) is 7.30. The van der Waals surface area contributed by atoms with Crippen LogP contribution in [0, 0.1) is 0 Å². The van der Waals surface area contributed by atoms with E-state index in [-0.39, 0.29) is 6.04 Å². The van der Waals surface area contributed by atoms with Gasteiger partial charge in [0.2, 0.25) is 0 Å². The Labute approximate surface area is 163 Å². The predicted octanol–water partition coefficient (Wildman–Crippen LogP) is 3.82. The van der Waals surface area contributed by atoms with E-state index in [4.69, 9.17) is 9.47 Å². The van der Waals surface area contributed by atoms with Crippen molar-refractivity contribution in [3.63, 3.8) is 0 Å². The van der Waals surface area contributed by atoms with Gasteiger partial charge in [0.05, 0.1) is 12.6 Å². The lowest BCUT2D eigenvalue weighted by molar-refractivity contribution is 0.261. The van der Waals surface area contributed by atoms with Crippen molar-refractivity contribution in [3.05, 3.63) is 58.7 Å². The zero-order chi connectivity index (χ0) is 19.2. The molecule has 4 heteroatoms. The van der Waals surface area contributed by atoms with Crippen LogP contribution >= 0.6 is 0 Å². The van der Waals surface area contributed by atoms with Crippen LogP contribution in [-0.4, -0.2) is 45.3 Å². The molecule has 1 aliphatic rings. The summed E-state index contributed by atoms with van der Waals surface area (Å²) >= 11 is 0. The highest BCUT2D eigenvalue weighted by molar-refractivity contribution is 5.47. The molecule has 0 aromatic heterocycles. The van der Waals surface area contributed by atoms with E-state index < -0.39 is 0 Å². The summed E-state index contributed by atoms with van der Waals surface area (Å²) < 4.78 is 11.6. The summed E-state index contributed by atoms with van der Waals surface area (Å²) in [5.41, 5.74) is 5.44. The van der Waals surface area contributed by atoms with E-state index in [9.17, 15) is 0 Å². The van der Waals surface area contributed by atoms with Crippen LogP contribution in [0.25, 0.3) is 0 Å². The standard InChI is InChI=1S/C23H32N2O2/c1-5-17-15-19(26-6-2)7-9-21(17)23-22-10-8-20(27-14-13-25(3)4)16-18(22)11-12-24-23/h7-10,15-16,23-24H,5-6,11-14H2,1-4H3. The molecular weight excluding hydrogens is 336 g/mol. The number of hydrogen-bond acceptors (Lipinski definition) is 4. The highest BCUT2D eigenvalue weighted by Gasteiger charge is 2.23.